The first kappa shape index (κ1) is 14.6. The average molecular weight is 302 g/mol. The van der Waals surface area contributed by atoms with Gasteiger partial charge in [0.1, 0.15) is 12.2 Å². The molecule has 0 bridgehead atoms. The molecule has 0 aliphatic heterocycles. The fraction of sp³-hybridized carbons (Fsp3) is 0.438. The molecule has 116 valence electrons. The molecule has 0 spiro atoms. The maximum absolute atomic E-state index is 11.8. The van der Waals surface area contributed by atoms with Gasteiger partial charge in [-0.25, -0.2) is 9.78 Å². The van der Waals surface area contributed by atoms with E-state index in [4.69, 9.17) is 9.47 Å². The van der Waals surface area contributed by atoms with Gasteiger partial charge >= 0.3 is 11.9 Å². The molecule has 1 aromatic heterocycles. The number of imidazole rings is 1. The highest BCUT2D eigenvalue weighted by atomic mass is 16.5. The van der Waals surface area contributed by atoms with Crippen molar-refractivity contribution in [2.24, 2.45) is 0 Å². The summed E-state index contributed by atoms with van der Waals surface area (Å²) in [6, 6.07) is 5.68. The van der Waals surface area contributed by atoms with Crippen LogP contribution in [0.4, 0.5) is 0 Å². The Morgan fingerprint density at radius 3 is 2.77 bits per heavy atom. The molecule has 2 aromatic rings. The van der Waals surface area contributed by atoms with Gasteiger partial charge in [-0.2, -0.15) is 0 Å². The maximum atomic E-state index is 11.8. The first-order valence-electron chi connectivity index (χ1n) is 7.38. The zero-order chi connectivity index (χ0) is 15.7. The summed E-state index contributed by atoms with van der Waals surface area (Å²) >= 11 is 0. The van der Waals surface area contributed by atoms with Crippen LogP contribution in [0.25, 0.3) is 11.0 Å². The van der Waals surface area contributed by atoms with Gasteiger partial charge in [0.15, 0.2) is 0 Å². The van der Waals surface area contributed by atoms with E-state index < -0.39 is 5.97 Å². The fourth-order valence-corrected chi connectivity index (χ4v) is 2.60. The van der Waals surface area contributed by atoms with Crippen molar-refractivity contribution in [1.82, 2.24) is 9.55 Å². The van der Waals surface area contributed by atoms with Crippen LogP contribution in [-0.2, 0) is 20.7 Å². The number of ether oxygens (including phenoxy) is 2. The van der Waals surface area contributed by atoms with Crippen LogP contribution in [0.15, 0.2) is 18.2 Å². The third kappa shape index (κ3) is 2.68. The van der Waals surface area contributed by atoms with Gasteiger partial charge in [0.25, 0.3) is 0 Å². The van der Waals surface area contributed by atoms with E-state index >= 15 is 0 Å². The lowest BCUT2D eigenvalue weighted by atomic mass is 10.2. The second-order valence-electron chi connectivity index (χ2n) is 5.31. The quantitative estimate of drug-likeness (QED) is 0.792. The van der Waals surface area contributed by atoms with Crippen LogP contribution in [0, 0.1) is 0 Å². The minimum Gasteiger partial charge on any atom is -0.466 e. The summed E-state index contributed by atoms with van der Waals surface area (Å²) in [6.45, 7) is 2.14. The molecule has 1 aliphatic rings. The first-order chi connectivity index (χ1) is 10.6. The molecule has 0 saturated heterocycles. The van der Waals surface area contributed by atoms with Gasteiger partial charge in [0.05, 0.1) is 30.3 Å². The molecule has 1 saturated carbocycles. The monoisotopic (exact) mass is 302 g/mol. The van der Waals surface area contributed by atoms with Crippen molar-refractivity contribution >= 4 is 23.0 Å². The van der Waals surface area contributed by atoms with E-state index in [0.29, 0.717) is 29.6 Å². The number of methoxy groups -OCH3 is 1. The molecule has 0 N–H and O–H groups in total. The van der Waals surface area contributed by atoms with E-state index in [1.54, 1.807) is 19.1 Å². The lowest BCUT2D eigenvalue weighted by Crippen LogP contribution is -2.12. The van der Waals surface area contributed by atoms with Crippen molar-refractivity contribution in [1.29, 1.82) is 0 Å². The molecular formula is C16H18N2O4. The Morgan fingerprint density at radius 2 is 2.14 bits per heavy atom. The van der Waals surface area contributed by atoms with Crippen LogP contribution in [0.2, 0.25) is 0 Å². The predicted molar refractivity (Wildman–Crippen MR) is 79.7 cm³/mol. The molecular weight excluding hydrogens is 284 g/mol. The number of esters is 2. The van der Waals surface area contributed by atoms with Gasteiger partial charge in [0.2, 0.25) is 0 Å². The molecule has 0 radical (unpaired) electrons. The Morgan fingerprint density at radius 1 is 1.36 bits per heavy atom. The minimum atomic E-state index is -0.394. The highest BCUT2D eigenvalue weighted by molar-refractivity contribution is 5.93. The average Bonchev–Trinajstić information content (AvgIpc) is 3.27. The fourth-order valence-electron chi connectivity index (χ4n) is 2.60. The number of hydrogen-bond acceptors (Lipinski definition) is 5. The van der Waals surface area contributed by atoms with Crippen LogP contribution in [0.1, 0.15) is 42.0 Å². The summed E-state index contributed by atoms with van der Waals surface area (Å²) < 4.78 is 11.8. The van der Waals surface area contributed by atoms with Gasteiger partial charge in [0, 0.05) is 6.04 Å². The van der Waals surface area contributed by atoms with Crippen molar-refractivity contribution in [3.8, 4) is 0 Å². The molecule has 22 heavy (non-hydrogen) atoms. The SMILES string of the molecule is CCOC(=O)Cc1nc2cc(C(=O)OC)ccc2n1C1CC1. The Bertz CT molecular complexity index is 731. The van der Waals surface area contributed by atoms with E-state index in [1.807, 2.05) is 6.07 Å². The second kappa shape index (κ2) is 5.79. The Kier molecular flexibility index (Phi) is 3.83. The number of rotatable bonds is 5. The lowest BCUT2D eigenvalue weighted by Gasteiger charge is -2.07. The summed E-state index contributed by atoms with van der Waals surface area (Å²) in [4.78, 5) is 27.9. The van der Waals surface area contributed by atoms with Gasteiger partial charge < -0.3 is 14.0 Å². The van der Waals surface area contributed by atoms with E-state index in [2.05, 4.69) is 9.55 Å². The minimum absolute atomic E-state index is 0.145. The molecule has 0 unspecified atom stereocenters. The second-order valence-corrected chi connectivity index (χ2v) is 5.31. The first-order valence-corrected chi connectivity index (χ1v) is 7.38. The smallest absolute Gasteiger partial charge is 0.337 e. The maximum Gasteiger partial charge on any atom is 0.337 e. The highest BCUT2D eigenvalue weighted by Gasteiger charge is 2.29. The van der Waals surface area contributed by atoms with Gasteiger partial charge in [-0.1, -0.05) is 0 Å². The molecule has 1 aliphatic carbocycles. The molecule has 1 heterocycles. The third-order valence-corrected chi connectivity index (χ3v) is 3.70. The standard InChI is InChI=1S/C16H18N2O4/c1-3-22-15(19)9-14-17-12-8-10(16(20)21-2)4-7-13(12)18(14)11-5-6-11/h4,7-8,11H,3,5-6,9H2,1-2H3. The van der Waals surface area contributed by atoms with Crippen molar-refractivity contribution in [2.75, 3.05) is 13.7 Å². The van der Waals surface area contributed by atoms with Crippen molar-refractivity contribution in [3.05, 3.63) is 29.6 Å². The number of fused-ring (bicyclic) bond motifs is 1. The summed E-state index contributed by atoms with van der Waals surface area (Å²) in [7, 11) is 1.35. The van der Waals surface area contributed by atoms with Crippen LogP contribution < -0.4 is 0 Å². The van der Waals surface area contributed by atoms with Crippen LogP contribution >= 0.6 is 0 Å². The molecule has 0 atom stereocenters. The van der Waals surface area contributed by atoms with E-state index in [9.17, 15) is 9.59 Å². The largest absolute Gasteiger partial charge is 0.466 e. The third-order valence-electron chi connectivity index (χ3n) is 3.70. The predicted octanol–water partition coefficient (Wildman–Crippen LogP) is 2.26. The number of aromatic nitrogens is 2. The molecule has 6 heteroatoms. The normalized spacial score (nSPS) is 14.1. The summed E-state index contributed by atoms with van der Waals surface area (Å²) in [5, 5.41) is 0. The van der Waals surface area contributed by atoms with Crippen molar-refractivity contribution in [3.63, 3.8) is 0 Å². The molecule has 0 amide bonds. The summed E-state index contributed by atoms with van der Waals surface area (Å²) in [5.74, 6) is 0.0145. The molecule has 3 rings (SSSR count). The van der Waals surface area contributed by atoms with Crippen molar-refractivity contribution in [2.45, 2.75) is 32.2 Å². The number of carbonyl (C=O) groups excluding carboxylic acids is 2. The Hall–Kier alpha value is -2.37. The van der Waals surface area contributed by atoms with Crippen LogP contribution in [-0.4, -0.2) is 35.2 Å². The van der Waals surface area contributed by atoms with Gasteiger partial charge in [-0.3, -0.25) is 4.79 Å². The lowest BCUT2D eigenvalue weighted by molar-refractivity contribution is -0.142. The number of carbonyl (C=O) groups is 2. The van der Waals surface area contributed by atoms with E-state index in [0.717, 1.165) is 18.4 Å². The van der Waals surface area contributed by atoms with Crippen LogP contribution in [0.3, 0.4) is 0 Å². The summed E-state index contributed by atoms with van der Waals surface area (Å²) in [6.07, 6.45) is 2.31. The molecule has 1 aromatic carbocycles. The number of hydrogen-bond donors (Lipinski definition) is 0. The highest BCUT2D eigenvalue weighted by Crippen LogP contribution is 2.39. The van der Waals surface area contributed by atoms with Crippen molar-refractivity contribution < 1.29 is 19.1 Å². The topological polar surface area (TPSA) is 70.4 Å². The Balaban J connectivity index is 2.01. The van der Waals surface area contributed by atoms with Crippen LogP contribution in [0.5, 0.6) is 0 Å². The van der Waals surface area contributed by atoms with Gasteiger partial charge in [-0.05, 0) is 38.0 Å². The molecule has 6 nitrogen and oxygen atoms in total. The summed E-state index contributed by atoms with van der Waals surface area (Å²) in [5.41, 5.74) is 2.10. The Labute approximate surface area is 128 Å². The number of nitrogens with zero attached hydrogens (tertiary/aromatic N) is 2. The zero-order valence-electron chi connectivity index (χ0n) is 12.7. The van der Waals surface area contributed by atoms with E-state index in [-0.39, 0.29) is 12.4 Å². The van der Waals surface area contributed by atoms with E-state index in [1.165, 1.54) is 7.11 Å². The zero-order valence-corrected chi connectivity index (χ0v) is 12.7. The molecule has 1 fully saturated rings. The van der Waals surface area contributed by atoms with Gasteiger partial charge in [-0.15, -0.1) is 0 Å². The number of benzene rings is 1.